The van der Waals surface area contributed by atoms with Crippen LogP contribution < -0.4 is 4.74 Å². The molecular weight excluding hydrogens is 324 g/mol. The zero-order valence-corrected chi connectivity index (χ0v) is 13.4. The van der Waals surface area contributed by atoms with Gasteiger partial charge in [0.15, 0.2) is 6.29 Å². The van der Waals surface area contributed by atoms with Crippen LogP contribution in [-0.2, 0) is 4.74 Å². The summed E-state index contributed by atoms with van der Waals surface area (Å²) in [5.41, 5.74) is 1.22. The van der Waals surface area contributed by atoms with Crippen molar-refractivity contribution in [2.45, 2.75) is 13.0 Å². The van der Waals surface area contributed by atoms with Crippen LogP contribution in [0.15, 0.2) is 36.4 Å². The Balaban J connectivity index is 2.23. The number of phenolic OH excluding ortho intramolecular Hbond substituents is 1. The van der Waals surface area contributed by atoms with Gasteiger partial charge >= 0.3 is 5.97 Å². The summed E-state index contributed by atoms with van der Waals surface area (Å²) in [6.07, 6.45) is 2.26. The molecule has 2 aromatic carbocycles. The summed E-state index contributed by atoms with van der Waals surface area (Å²) in [4.78, 5) is 23.7. The summed E-state index contributed by atoms with van der Waals surface area (Å²) in [6.45, 7) is 1.50. The van der Waals surface area contributed by atoms with Gasteiger partial charge in [-0.15, -0.1) is 0 Å². The first kappa shape index (κ1) is 16.7. The zero-order chi connectivity index (χ0) is 18.0. The number of aldehydes is 1. The van der Waals surface area contributed by atoms with Crippen LogP contribution in [0.1, 0.15) is 31.8 Å². The Morgan fingerprint density at radius 3 is 2.76 bits per heavy atom. The Bertz CT molecular complexity index is 868. The number of aryl methyl sites for hydroxylation is 1. The van der Waals surface area contributed by atoms with Crippen molar-refractivity contribution in [3.63, 3.8) is 0 Å². The van der Waals surface area contributed by atoms with Gasteiger partial charge in [-0.2, -0.15) is 0 Å². The molecule has 6 nitrogen and oxygen atoms in total. The highest BCUT2D eigenvalue weighted by Gasteiger charge is 2.21. The fourth-order valence-electron chi connectivity index (χ4n) is 2.59. The van der Waals surface area contributed by atoms with Crippen molar-refractivity contribution >= 4 is 18.3 Å². The van der Waals surface area contributed by atoms with Gasteiger partial charge in [-0.1, -0.05) is 24.3 Å². The number of benzene rings is 2. The van der Waals surface area contributed by atoms with Gasteiger partial charge in [0, 0.05) is 5.56 Å². The number of rotatable bonds is 1. The number of fused-ring (bicyclic) bond motifs is 2. The molecule has 0 radical (unpaired) electrons. The van der Waals surface area contributed by atoms with Gasteiger partial charge in [0.05, 0.1) is 5.56 Å². The first-order valence-corrected chi connectivity index (χ1v) is 7.63. The summed E-state index contributed by atoms with van der Waals surface area (Å²) >= 11 is 0. The van der Waals surface area contributed by atoms with E-state index in [1.54, 1.807) is 25.1 Å². The topological polar surface area (TPSA) is 93.1 Å². The molecule has 0 saturated carbocycles. The number of ether oxygens (including phenoxy) is 2. The molecule has 1 aliphatic rings. The molecular formula is C19H16O6. The highest BCUT2D eigenvalue weighted by molar-refractivity contribution is 5.94. The van der Waals surface area contributed by atoms with E-state index in [0.717, 1.165) is 0 Å². The molecule has 0 aliphatic carbocycles. The van der Waals surface area contributed by atoms with E-state index in [0.29, 0.717) is 17.4 Å². The Labute approximate surface area is 143 Å². The number of aliphatic hydroxyl groups excluding tert-OH is 1. The second kappa shape index (κ2) is 6.78. The van der Waals surface area contributed by atoms with Crippen LogP contribution in [0.4, 0.5) is 0 Å². The van der Waals surface area contributed by atoms with Gasteiger partial charge in [0.1, 0.15) is 35.5 Å². The minimum atomic E-state index is -1.07. The van der Waals surface area contributed by atoms with E-state index in [4.69, 9.17) is 9.47 Å². The average molecular weight is 340 g/mol. The molecule has 25 heavy (non-hydrogen) atoms. The van der Waals surface area contributed by atoms with Crippen LogP contribution in [-0.4, -0.2) is 35.2 Å². The van der Waals surface area contributed by atoms with E-state index in [2.05, 4.69) is 0 Å². The predicted molar refractivity (Wildman–Crippen MR) is 90.1 cm³/mol. The molecule has 1 atom stereocenters. The fraction of sp³-hybridized carbons (Fsp3) is 0.158. The van der Waals surface area contributed by atoms with E-state index in [9.17, 15) is 19.8 Å². The van der Waals surface area contributed by atoms with Crippen LogP contribution in [0.25, 0.3) is 6.08 Å². The van der Waals surface area contributed by atoms with Crippen LogP contribution in [0.5, 0.6) is 17.2 Å². The maximum atomic E-state index is 12.4. The predicted octanol–water partition coefficient (Wildman–Crippen LogP) is 2.85. The molecule has 0 aromatic heterocycles. The van der Waals surface area contributed by atoms with Crippen molar-refractivity contribution < 1.29 is 29.3 Å². The maximum Gasteiger partial charge on any atom is 0.342 e. The molecule has 2 N–H and O–H groups in total. The quantitative estimate of drug-likeness (QED) is 0.612. The number of cyclic esters (lactones) is 1. The highest BCUT2D eigenvalue weighted by Crippen LogP contribution is 2.35. The number of phenols is 1. The lowest BCUT2D eigenvalue weighted by molar-refractivity contribution is 0.0342. The Morgan fingerprint density at radius 1 is 1.20 bits per heavy atom. The highest BCUT2D eigenvalue weighted by atomic mass is 16.5. The van der Waals surface area contributed by atoms with E-state index in [-0.39, 0.29) is 35.0 Å². The molecule has 3 rings (SSSR count). The van der Waals surface area contributed by atoms with Crippen molar-refractivity contribution in [1.29, 1.82) is 0 Å². The van der Waals surface area contributed by atoms with Crippen LogP contribution in [0.3, 0.4) is 0 Å². The normalized spacial score (nSPS) is 18.0. The lowest BCUT2D eigenvalue weighted by atomic mass is 10.0. The van der Waals surface area contributed by atoms with Gasteiger partial charge < -0.3 is 19.7 Å². The molecule has 0 spiro atoms. The van der Waals surface area contributed by atoms with Crippen LogP contribution in [0, 0.1) is 6.92 Å². The second-order valence-electron chi connectivity index (χ2n) is 5.60. The van der Waals surface area contributed by atoms with Gasteiger partial charge in [0.25, 0.3) is 0 Å². The molecule has 0 bridgehead atoms. The van der Waals surface area contributed by atoms with E-state index in [1.165, 1.54) is 24.3 Å². The lowest BCUT2D eigenvalue weighted by Crippen LogP contribution is -2.17. The number of aromatic hydroxyl groups is 1. The first-order valence-electron chi connectivity index (χ1n) is 7.63. The zero-order valence-electron chi connectivity index (χ0n) is 13.4. The fourth-order valence-corrected chi connectivity index (χ4v) is 2.59. The van der Waals surface area contributed by atoms with Crippen LogP contribution in [0.2, 0.25) is 0 Å². The Kier molecular flexibility index (Phi) is 4.54. The molecule has 2 aromatic rings. The molecule has 6 heteroatoms. The SMILES string of the molecule is Cc1cccc2c1C(=O)OCC(O)/C=C/c1c(ccc(O)c1C=O)O2. The lowest BCUT2D eigenvalue weighted by Gasteiger charge is -2.15. The molecule has 1 unspecified atom stereocenters. The Morgan fingerprint density at radius 2 is 2.00 bits per heavy atom. The summed E-state index contributed by atoms with van der Waals surface area (Å²) in [7, 11) is 0. The third-order valence-electron chi connectivity index (χ3n) is 3.87. The van der Waals surface area contributed by atoms with E-state index < -0.39 is 12.1 Å². The minimum absolute atomic E-state index is 0.0293. The third kappa shape index (κ3) is 3.25. The molecule has 0 fully saturated rings. The smallest absolute Gasteiger partial charge is 0.342 e. The van der Waals surface area contributed by atoms with Crippen molar-refractivity contribution in [3.05, 3.63) is 58.7 Å². The second-order valence-corrected chi connectivity index (χ2v) is 5.60. The Hall–Kier alpha value is -3.12. The average Bonchev–Trinajstić information content (AvgIpc) is 2.61. The maximum absolute atomic E-state index is 12.4. The van der Waals surface area contributed by atoms with Crippen molar-refractivity contribution in [2.75, 3.05) is 6.61 Å². The number of hydrogen-bond acceptors (Lipinski definition) is 6. The summed E-state index contributed by atoms with van der Waals surface area (Å²) in [5.74, 6) is -0.287. The molecule has 1 aliphatic heterocycles. The minimum Gasteiger partial charge on any atom is -0.507 e. The standard InChI is InChI=1S/C19H16O6/c1-11-3-2-4-17-18(11)19(23)24-10-12(21)5-6-13-14(9-20)15(22)7-8-16(13)25-17/h2-9,12,21-22H,10H2,1H3/b6-5+. The molecule has 1 heterocycles. The number of esters is 1. The van der Waals surface area contributed by atoms with Crippen molar-refractivity contribution in [1.82, 2.24) is 0 Å². The van der Waals surface area contributed by atoms with E-state index >= 15 is 0 Å². The van der Waals surface area contributed by atoms with Gasteiger partial charge in [-0.05, 0) is 30.7 Å². The summed E-state index contributed by atoms with van der Waals surface area (Å²) < 4.78 is 11.0. The third-order valence-corrected chi connectivity index (χ3v) is 3.87. The number of hydrogen-bond donors (Lipinski definition) is 2. The van der Waals surface area contributed by atoms with Crippen molar-refractivity contribution in [3.8, 4) is 17.2 Å². The first-order chi connectivity index (χ1) is 12.0. The largest absolute Gasteiger partial charge is 0.507 e. The van der Waals surface area contributed by atoms with Crippen molar-refractivity contribution in [2.24, 2.45) is 0 Å². The van der Waals surface area contributed by atoms with Gasteiger partial charge in [0.2, 0.25) is 0 Å². The van der Waals surface area contributed by atoms with Crippen LogP contribution >= 0.6 is 0 Å². The summed E-state index contributed by atoms with van der Waals surface area (Å²) in [6, 6.07) is 7.90. The number of carbonyl (C=O) groups excluding carboxylic acids is 2. The van der Waals surface area contributed by atoms with E-state index in [1.807, 2.05) is 0 Å². The molecule has 0 saturated heterocycles. The molecule has 128 valence electrons. The van der Waals surface area contributed by atoms with Gasteiger partial charge in [-0.25, -0.2) is 4.79 Å². The summed E-state index contributed by atoms with van der Waals surface area (Å²) in [5, 5.41) is 19.9. The molecule has 0 amide bonds. The number of aliphatic hydroxyl groups is 1. The monoisotopic (exact) mass is 340 g/mol. The van der Waals surface area contributed by atoms with Gasteiger partial charge in [-0.3, -0.25) is 4.79 Å². The number of carbonyl (C=O) groups is 2.